The topological polar surface area (TPSA) is 42.7 Å². The number of aromatic nitrogens is 3. The molecule has 0 radical (unpaired) electrons. The molecular weight excluding hydrogens is 292 g/mol. The molecule has 2 rings (SSSR count). The molecule has 1 heterocycles. The third kappa shape index (κ3) is 3.40. The van der Waals surface area contributed by atoms with Crippen molar-refractivity contribution in [2.45, 2.75) is 20.4 Å². The second kappa shape index (κ2) is 6.11. The molecule has 2 aromatic rings. The van der Waals surface area contributed by atoms with Crippen molar-refractivity contribution >= 4 is 15.9 Å². The first-order valence-electron chi connectivity index (χ1n) is 6.01. The van der Waals surface area contributed by atoms with Crippen LogP contribution in [0, 0.1) is 5.92 Å². The van der Waals surface area contributed by atoms with Crippen LogP contribution in [0.15, 0.2) is 35.3 Å². The van der Waals surface area contributed by atoms with Gasteiger partial charge in [-0.15, -0.1) is 0 Å². The molecular formula is C13H17BrN4. The van der Waals surface area contributed by atoms with Crippen molar-refractivity contribution in [3.63, 3.8) is 0 Å². The number of hydrogen-bond acceptors (Lipinski definition) is 3. The molecule has 0 spiro atoms. The molecule has 0 bridgehead atoms. The first-order valence-corrected chi connectivity index (χ1v) is 6.80. The van der Waals surface area contributed by atoms with Crippen LogP contribution in [-0.2, 0) is 6.54 Å². The molecule has 0 unspecified atom stereocenters. The summed E-state index contributed by atoms with van der Waals surface area (Å²) < 4.78 is 2.83. The molecule has 18 heavy (non-hydrogen) atoms. The van der Waals surface area contributed by atoms with E-state index in [0.29, 0.717) is 5.92 Å². The van der Waals surface area contributed by atoms with E-state index in [2.05, 4.69) is 57.3 Å². The average molecular weight is 309 g/mol. The van der Waals surface area contributed by atoms with Crippen LogP contribution in [0.5, 0.6) is 0 Å². The Hall–Kier alpha value is -1.20. The smallest absolute Gasteiger partial charge is 0.138 e. The third-order valence-corrected chi connectivity index (χ3v) is 3.07. The van der Waals surface area contributed by atoms with E-state index in [4.69, 9.17) is 0 Å². The summed E-state index contributed by atoms with van der Waals surface area (Å²) in [5, 5.41) is 7.63. The molecule has 0 aliphatic heterocycles. The van der Waals surface area contributed by atoms with Gasteiger partial charge in [-0.3, -0.25) is 0 Å². The minimum atomic E-state index is 0.648. The van der Waals surface area contributed by atoms with Gasteiger partial charge in [-0.1, -0.05) is 35.8 Å². The van der Waals surface area contributed by atoms with E-state index in [1.54, 1.807) is 17.3 Å². The van der Waals surface area contributed by atoms with E-state index >= 15 is 0 Å². The fourth-order valence-corrected chi connectivity index (χ4v) is 2.08. The standard InChI is InChI=1S/C13H17BrN4/c1-10(2)6-15-7-11-3-4-12(14)5-13(11)18-9-16-8-17-18/h3-5,8-10,15H,6-7H2,1-2H3. The molecule has 1 N–H and O–H groups in total. The first-order chi connectivity index (χ1) is 8.66. The fraction of sp³-hybridized carbons (Fsp3) is 0.385. The van der Waals surface area contributed by atoms with E-state index < -0.39 is 0 Å². The Morgan fingerprint density at radius 3 is 2.89 bits per heavy atom. The van der Waals surface area contributed by atoms with Crippen LogP contribution in [-0.4, -0.2) is 21.3 Å². The molecule has 0 fully saturated rings. The Morgan fingerprint density at radius 2 is 2.22 bits per heavy atom. The van der Waals surface area contributed by atoms with E-state index in [1.807, 2.05) is 6.07 Å². The summed E-state index contributed by atoms with van der Waals surface area (Å²) in [6, 6.07) is 6.21. The van der Waals surface area contributed by atoms with Gasteiger partial charge in [0.15, 0.2) is 0 Å². The average Bonchev–Trinajstić information content (AvgIpc) is 2.84. The van der Waals surface area contributed by atoms with Crippen molar-refractivity contribution in [3.8, 4) is 5.69 Å². The normalized spacial score (nSPS) is 11.1. The third-order valence-electron chi connectivity index (χ3n) is 2.58. The van der Waals surface area contributed by atoms with Crippen LogP contribution < -0.4 is 5.32 Å². The fourth-order valence-electron chi connectivity index (χ4n) is 1.73. The summed E-state index contributed by atoms with van der Waals surface area (Å²) in [5.41, 5.74) is 2.27. The maximum atomic E-state index is 4.19. The van der Waals surface area contributed by atoms with Crippen molar-refractivity contribution in [2.24, 2.45) is 5.92 Å². The second-order valence-electron chi connectivity index (χ2n) is 4.64. The van der Waals surface area contributed by atoms with Crippen molar-refractivity contribution in [1.82, 2.24) is 20.1 Å². The van der Waals surface area contributed by atoms with E-state index in [0.717, 1.165) is 23.2 Å². The van der Waals surface area contributed by atoms with Crippen LogP contribution in [0.4, 0.5) is 0 Å². The number of nitrogens with zero attached hydrogens (tertiary/aromatic N) is 3. The maximum absolute atomic E-state index is 4.19. The minimum absolute atomic E-state index is 0.648. The lowest BCUT2D eigenvalue weighted by Crippen LogP contribution is -2.20. The van der Waals surface area contributed by atoms with Gasteiger partial charge in [0.1, 0.15) is 12.7 Å². The Morgan fingerprint density at radius 1 is 1.39 bits per heavy atom. The number of benzene rings is 1. The zero-order valence-electron chi connectivity index (χ0n) is 10.6. The molecule has 0 aliphatic rings. The highest BCUT2D eigenvalue weighted by atomic mass is 79.9. The molecule has 5 heteroatoms. The van der Waals surface area contributed by atoms with Gasteiger partial charge in [-0.2, -0.15) is 5.10 Å². The van der Waals surface area contributed by atoms with Gasteiger partial charge in [0, 0.05) is 11.0 Å². The Balaban J connectivity index is 2.19. The zero-order valence-corrected chi connectivity index (χ0v) is 12.2. The van der Waals surface area contributed by atoms with Crippen molar-refractivity contribution in [2.75, 3.05) is 6.54 Å². The lowest BCUT2D eigenvalue weighted by Gasteiger charge is -2.12. The van der Waals surface area contributed by atoms with Crippen molar-refractivity contribution in [3.05, 3.63) is 40.9 Å². The van der Waals surface area contributed by atoms with E-state index in [-0.39, 0.29) is 0 Å². The Bertz CT molecular complexity index is 494. The maximum Gasteiger partial charge on any atom is 0.138 e. The SMILES string of the molecule is CC(C)CNCc1ccc(Br)cc1-n1cncn1. The van der Waals surface area contributed by atoms with Crippen LogP contribution in [0.1, 0.15) is 19.4 Å². The lowest BCUT2D eigenvalue weighted by molar-refractivity contribution is 0.551. The molecule has 1 aromatic carbocycles. The molecule has 4 nitrogen and oxygen atoms in total. The molecule has 96 valence electrons. The lowest BCUT2D eigenvalue weighted by atomic mass is 10.1. The predicted molar refractivity (Wildman–Crippen MR) is 75.6 cm³/mol. The van der Waals surface area contributed by atoms with Crippen LogP contribution in [0.3, 0.4) is 0 Å². The number of rotatable bonds is 5. The van der Waals surface area contributed by atoms with Gasteiger partial charge in [0.25, 0.3) is 0 Å². The highest BCUT2D eigenvalue weighted by Gasteiger charge is 2.06. The largest absolute Gasteiger partial charge is 0.312 e. The van der Waals surface area contributed by atoms with Crippen molar-refractivity contribution in [1.29, 1.82) is 0 Å². The molecule has 0 saturated carbocycles. The van der Waals surface area contributed by atoms with Crippen LogP contribution in [0.25, 0.3) is 5.69 Å². The summed E-state index contributed by atoms with van der Waals surface area (Å²) in [4.78, 5) is 3.99. The van der Waals surface area contributed by atoms with Gasteiger partial charge >= 0.3 is 0 Å². The highest BCUT2D eigenvalue weighted by Crippen LogP contribution is 2.19. The summed E-state index contributed by atoms with van der Waals surface area (Å²) >= 11 is 3.49. The second-order valence-corrected chi connectivity index (χ2v) is 5.55. The highest BCUT2D eigenvalue weighted by molar-refractivity contribution is 9.10. The van der Waals surface area contributed by atoms with Crippen LogP contribution >= 0.6 is 15.9 Å². The minimum Gasteiger partial charge on any atom is -0.312 e. The molecule has 0 atom stereocenters. The molecule has 1 aromatic heterocycles. The van der Waals surface area contributed by atoms with Gasteiger partial charge in [0.2, 0.25) is 0 Å². The summed E-state index contributed by atoms with van der Waals surface area (Å²) in [7, 11) is 0. The molecule has 0 aliphatic carbocycles. The number of halogens is 1. The Labute approximate surface area is 116 Å². The Kier molecular flexibility index (Phi) is 4.49. The van der Waals surface area contributed by atoms with Gasteiger partial charge < -0.3 is 5.32 Å². The molecule has 0 saturated heterocycles. The quantitative estimate of drug-likeness (QED) is 0.923. The van der Waals surface area contributed by atoms with E-state index in [1.165, 1.54) is 5.56 Å². The zero-order chi connectivity index (χ0) is 13.0. The monoisotopic (exact) mass is 308 g/mol. The number of nitrogens with one attached hydrogen (secondary N) is 1. The predicted octanol–water partition coefficient (Wildman–Crippen LogP) is 2.78. The van der Waals surface area contributed by atoms with E-state index in [9.17, 15) is 0 Å². The van der Waals surface area contributed by atoms with Crippen LogP contribution in [0.2, 0.25) is 0 Å². The first kappa shape index (κ1) is 13.2. The van der Waals surface area contributed by atoms with Crippen molar-refractivity contribution < 1.29 is 0 Å². The summed E-state index contributed by atoms with van der Waals surface area (Å²) in [6.07, 6.45) is 3.26. The molecule has 0 amide bonds. The van der Waals surface area contributed by atoms with Gasteiger partial charge in [-0.25, -0.2) is 9.67 Å². The van der Waals surface area contributed by atoms with Gasteiger partial charge in [0.05, 0.1) is 5.69 Å². The summed E-state index contributed by atoms with van der Waals surface area (Å²) in [6.45, 7) is 6.24. The van der Waals surface area contributed by atoms with Gasteiger partial charge in [-0.05, 0) is 30.2 Å². The summed E-state index contributed by atoms with van der Waals surface area (Å²) in [5.74, 6) is 0.648. The number of hydrogen-bond donors (Lipinski definition) is 1.